The van der Waals surface area contributed by atoms with Gasteiger partial charge in [-0.05, 0) is 23.6 Å². The van der Waals surface area contributed by atoms with Gasteiger partial charge in [-0.2, -0.15) is 5.26 Å². The van der Waals surface area contributed by atoms with Crippen molar-refractivity contribution in [3.05, 3.63) is 40.7 Å². The highest BCUT2D eigenvalue weighted by molar-refractivity contribution is 7.11. The van der Waals surface area contributed by atoms with E-state index in [9.17, 15) is 0 Å². The molecule has 13 heavy (non-hydrogen) atoms. The van der Waals surface area contributed by atoms with Gasteiger partial charge in [0.15, 0.2) is 0 Å². The minimum Gasteiger partial charge on any atom is -0.256 e. The molecule has 0 unspecified atom stereocenters. The molecule has 0 amide bonds. The highest BCUT2D eigenvalue weighted by atomic mass is 32.1. The minimum absolute atomic E-state index is 0.721. The van der Waals surface area contributed by atoms with Crippen molar-refractivity contribution in [2.24, 2.45) is 0 Å². The number of nitrogens with zero attached hydrogens (tertiary/aromatic N) is 2. The number of nitriles is 1. The smallest absolute Gasteiger partial charge is 0.114 e. The molecule has 0 bridgehead atoms. The molecule has 3 heteroatoms. The molecule has 0 saturated carbocycles. The first-order chi connectivity index (χ1) is 6.42. The molecule has 0 radical (unpaired) electrons. The molecule has 0 atom stereocenters. The third kappa shape index (κ3) is 1.44. The number of pyridine rings is 1. The van der Waals surface area contributed by atoms with Crippen molar-refractivity contribution in [1.82, 2.24) is 4.98 Å². The predicted molar refractivity (Wildman–Crippen MR) is 52.3 cm³/mol. The van der Waals surface area contributed by atoms with Crippen LogP contribution < -0.4 is 0 Å². The summed E-state index contributed by atoms with van der Waals surface area (Å²) in [4.78, 5) is 4.91. The Morgan fingerprint density at radius 1 is 1.31 bits per heavy atom. The van der Waals surface area contributed by atoms with Crippen LogP contribution in [0, 0.1) is 11.3 Å². The second-order valence-corrected chi connectivity index (χ2v) is 3.41. The van der Waals surface area contributed by atoms with Crippen molar-refractivity contribution in [3.8, 4) is 17.3 Å². The van der Waals surface area contributed by atoms with Crippen molar-refractivity contribution < 1.29 is 0 Å². The molecule has 0 N–H and O–H groups in total. The zero-order valence-electron chi connectivity index (χ0n) is 6.77. The minimum atomic E-state index is 0.721. The van der Waals surface area contributed by atoms with Crippen LogP contribution in [0.4, 0.5) is 0 Å². The van der Waals surface area contributed by atoms with Crippen molar-refractivity contribution in [2.75, 3.05) is 0 Å². The summed E-state index contributed by atoms with van der Waals surface area (Å²) in [6, 6.07) is 9.76. The fourth-order valence-corrected chi connectivity index (χ4v) is 1.81. The second kappa shape index (κ2) is 3.38. The normalized spacial score (nSPS) is 9.46. The molecule has 0 aromatic carbocycles. The molecule has 0 aliphatic rings. The first-order valence-electron chi connectivity index (χ1n) is 3.81. The van der Waals surface area contributed by atoms with E-state index in [4.69, 9.17) is 5.26 Å². The molecule has 0 saturated heterocycles. The predicted octanol–water partition coefficient (Wildman–Crippen LogP) is 2.68. The number of rotatable bonds is 1. The van der Waals surface area contributed by atoms with Crippen molar-refractivity contribution >= 4 is 11.3 Å². The quantitative estimate of drug-likeness (QED) is 0.686. The molecular formula is C10H6N2S. The summed E-state index contributed by atoms with van der Waals surface area (Å²) in [5.41, 5.74) is 1.79. The number of thiophene rings is 1. The molecule has 0 aliphatic carbocycles. The van der Waals surface area contributed by atoms with Crippen LogP contribution in [-0.2, 0) is 0 Å². The molecule has 2 aromatic heterocycles. The molecule has 2 rings (SSSR count). The molecule has 0 aliphatic heterocycles. The summed E-state index contributed by atoms with van der Waals surface area (Å²) in [6.45, 7) is 0. The van der Waals surface area contributed by atoms with Crippen molar-refractivity contribution in [1.29, 1.82) is 5.26 Å². The second-order valence-electron chi connectivity index (χ2n) is 2.49. The van der Waals surface area contributed by atoms with Crippen LogP contribution in [0.15, 0.2) is 35.8 Å². The zero-order chi connectivity index (χ0) is 9.10. The van der Waals surface area contributed by atoms with E-state index in [2.05, 4.69) is 11.1 Å². The Bertz CT molecular complexity index is 439. The van der Waals surface area contributed by atoms with Crippen molar-refractivity contribution in [3.63, 3.8) is 0 Å². The molecule has 2 heterocycles. The SMILES string of the molecule is N#Cc1sccc1-c1ccccn1. The van der Waals surface area contributed by atoms with Crippen LogP contribution in [0.5, 0.6) is 0 Å². The lowest BCUT2D eigenvalue weighted by molar-refractivity contribution is 1.33. The Balaban J connectivity index is 2.54. The maximum atomic E-state index is 8.80. The Morgan fingerprint density at radius 3 is 2.92 bits per heavy atom. The average molecular weight is 186 g/mol. The van der Waals surface area contributed by atoms with Crippen LogP contribution in [0.2, 0.25) is 0 Å². The Morgan fingerprint density at radius 2 is 2.23 bits per heavy atom. The summed E-state index contributed by atoms with van der Waals surface area (Å²) in [6.07, 6.45) is 1.73. The lowest BCUT2D eigenvalue weighted by atomic mass is 10.2. The first kappa shape index (κ1) is 7.96. The Labute approximate surface area is 80.1 Å². The van der Waals surface area contributed by atoms with Crippen molar-refractivity contribution in [2.45, 2.75) is 0 Å². The van der Waals surface area contributed by atoms with Gasteiger partial charge >= 0.3 is 0 Å². The standard InChI is InChI=1S/C10H6N2S/c11-7-10-8(4-6-13-10)9-3-1-2-5-12-9/h1-6H. The first-order valence-corrected chi connectivity index (χ1v) is 4.69. The third-order valence-electron chi connectivity index (χ3n) is 1.71. The van der Waals surface area contributed by atoms with Gasteiger partial charge < -0.3 is 0 Å². The summed E-state index contributed by atoms with van der Waals surface area (Å²) in [5.74, 6) is 0. The summed E-state index contributed by atoms with van der Waals surface area (Å²) in [7, 11) is 0. The lowest BCUT2D eigenvalue weighted by Crippen LogP contribution is -1.80. The number of aromatic nitrogens is 1. The van der Waals surface area contributed by atoms with Gasteiger partial charge in [-0.3, -0.25) is 4.98 Å². The van der Waals surface area contributed by atoms with Gasteiger partial charge in [0.2, 0.25) is 0 Å². The van der Waals surface area contributed by atoms with Gasteiger partial charge in [0.1, 0.15) is 10.9 Å². The van der Waals surface area contributed by atoms with Gasteiger partial charge in [0.25, 0.3) is 0 Å². The molecule has 0 spiro atoms. The number of hydrogen-bond donors (Lipinski definition) is 0. The summed E-state index contributed by atoms with van der Waals surface area (Å²) >= 11 is 1.44. The lowest BCUT2D eigenvalue weighted by Gasteiger charge is -1.95. The number of hydrogen-bond acceptors (Lipinski definition) is 3. The van der Waals surface area contributed by atoms with E-state index < -0.39 is 0 Å². The topological polar surface area (TPSA) is 36.7 Å². The van der Waals surface area contributed by atoms with Gasteiger partial charge in [-0.1, -0.05) is 6.07 Å². The van der Waals surface area contributed by atoms with E-state index in [0.717, 1.165) is 16.1 Å². The Hall–Kier alpha value is -1.66. The fourth-order valence-electron chi connectivity index (χ4n) is 1.12. The van der Waals surface area contributed by atoms with Gasteiger partial charge in [-0.15, -0.1) is 11.3 Å². The summed E-state index contributed by atoms with van der Waals surface area (Å²) < 4.78 is 0. The fraction of sp³-hybridized carbons (Fsp3) is 0. The van der Waals surface area contributed by atoms with Gasteiger partial charge in [-0.25, -0.2) is 0 Å². The summed E-state index contributed by atoms with van der Waals surface area (Å²) in [5, 5.41) is 10.7. The van der Waals surface area contributed by atoms with E-state index in [0.29, 0.717) is 0 Å². The molecule has 2 aromatic rings. The molecule has 62 valence electrons. The monoisotopic (exact) mass is 186 g/mol. The van der Waals surface area contributed by atoms with Crippen LogP contribution >= 0.6 is 11.3 Å². The van der Waals surface area contributed by atoms with Crippen LogP contribution in [0.3, 0.4) is 0 Å². The maximum Gasteiger partial charge on any atom is 0.114 e. The zero-order valence-corrected chi connectivity index (χ0v) is 7.58. The highest BCUT2D eigenvalue weighted by Gasteiger charge is 2.05. The highest BCUT2D eigenvalue weighted by Crippen LogP contribution is 2.25. The molecular weight excluding hydrogens is 180 g/mol. The average Bonchev–Trinajstić information content (AvgIpc) is 2.67. The Kier molecular flexibility index (Phi) is 2.07. The van der Waals surface area contributed by atoms with E-state index in [1.165, 1.54) is 11.3 Å². The maximum absolute atomic E-state index is 8.80. The van der Waals surface area contributed by atoms with Crippen LogP contribution in [0.25, 0.3) is 11.3 Å². The molecule has 0 fully saturated rings. The van der Waals surface area contributed by atoms with Gasteiger partial charge in [0, 0.05) is 11.8 Å². The molecule has 2 nitrogen and oxygen atoms in total. The van der Waals surface area contributed by atoms with E-state index in [1.807, 2.05) is 29.6 Å². The van der Waals surface area contributed by atoms with E-state index >= 15 is 0 Å². The van der Waals surface area contributed by atoms with Gasteiger partial charge in [0.05, 0.1) is 5.69 Å². The van der Waals surface area contributed by atoms with E-state index in [-0.39, 0.29) is 0 Å². The largest absolute Gasteiger partial charge is 0.256 e. The van der Waals surface area contributed by atoms with Crippen LogP contribution in [0.1, 0.15) is 4.88 Å². The van der Waals surface area contributed by atoms with Crippen LogP contribution in [-0.4, -0.2) is 4.98 Å². The third-order valence-corrected chi connectivity index (χ3v) is 2.53. The van der Waals surface area contributed by atoms with E-state index in [1.54, 1.807) is 6.20 Å².